The van der Waals surface area contributed by atoms with Crippen LogP contribution in [0.3, 0.4) is 0 Å². The van der Waals surface area contributed by atoms with Gasteiger partial charge >= 0.3 is 12.2 Å². The lowest BCUT2D eigenvalue weighted by Gasteiger charge is -2.17. The number of anilines is 2. The molecule has 9 nitrogen and oxygen atoms in total. The predicted octanol–water partition coefficient (Wildman–Crippen LogP) is 6.00. The second-order valence-corrected chi connectivity index (χ2v) is 9.34. The van der Waals surface area contributed by atoms with E-state index in [-0.39, 0.29) is 23.0 Å². The van der Waals surface area contributed by atoms with E-state index in [4.69, 9.17) is 16.3 Å². The highest BCUT2D eigenvalue weighted by Gasteiger charge is 2.33. The summed E-state index contributed by atoms with van der Waals surface area (Å²) in [6, 6.07) is 11.2. The summed E-state index contributed by atoms with van der Waals surface area (Å²) in [5, 5.41) is 4.33. The quantitative estimate of drug-likeness (QED) is 0.291. The van der Waals surface area contributed by atoms with Gasteiger partial charge in [-0.3, -0.25) is 25.4 Å². The summed E-state index contributed by atoms with van der Waals surface area (Å²) in [6.45, 7) is 5.09. The average molecular weight is 550 g/mol. The average Bonchev–Trinajstić information content (AvgIpc) is 2.83. The van der Waals surface area contributed by atoms with Crippen LogP contribution in [0.4, 0.5) is 29.3 Å². The lowest BCUT2D eigenvalue weighted by Crippen LogP contribution is -2.46. The van der Waals surface area contributed by atoms with E-state index in [1.807, 2.05) is 0 Å². The third-order valence-electron chi connectivity index (χ3n) is 4.81. The van der Waals surface area contributed by atoms with Crippen molar-refractivity contribution in [3.63, 3.8) is 0 Å². The number of rotatable bonds is 5. The highest BCUT2D eigenvalue weighted by molar-refractivity contribution is 6.31. The van der Waals surface area contributed by atoms with E-state index in [1.54, 1.807) is 20.8 Å². The number of hydrogen-bond donors (Lipinski definition) is 4. The Kier molecular flexibility index (Phi) is 8.46. The van der Waals surface area contributed by atoms with E-state index in [1.165, 1.54) is 48.7 Å². The van der Waals surface area contributed by atoms with E-state index in [0.29, 0.717) is 11.4 Å². The van der Waals surface area contributed by atoms with Gasteiger partial charge in [0.05, 0.1) is 10.6 Å². The lowest BCUT2D eigenvalue weighted by atomic mass is 9.96. The summed E-state index contributed by atoms with van der Waals surface area (Å²) in [7, 11) is 0. The SMILES string of the molecule is CC(C)(C)C(=O)NNC(=O)c1cc(Oc2ccc(NC(=O)Nc3ccc(Cl)c(C(F)(F)F)c3)cc2)ccn1. The number of aromatic nitrogens is 1. The largest absolute Gasteiger partial charge is 0.457 e. The fraction of sp³-hybridized carbons (Fsp3) is 0.200. The number of urea groups is 1. The minimum absolute atomic E-state index is 0.00236. The molecule has 0 aliphatic heterocycles. The van der Waals surface area contributed by atoms with Crippen molar-refractivity contribution in [2.24, 2.45) is 5.41 Å². The van der Waals surface area contributed by atoms with Gasteiger partial charge in [0.25, 0.3) is 5.91 Å². The monoisotopic (exact) mass is 549 g/mol. The lowest BCUT2D eigenvalue weighted by molar-refractivity contribution is -0.137. The van der Waals surface area contributed by atoms with Crippen molar-refractivity contribution in [3.8, 4) is 11.5 Å². The number of pyridine rings is 1. The Balaban J connectivity index is 1.58. The van der Waals surface area contributed by atoms with Crippen molar-refractivity contribution in [1.29, 1.82) is 0 Å². The first-order valence-electron chi connectivity index (χ1n) is 11.0. The van der Waals surface area contributed by atoms with Crippen molar-refractivity contribution in [3.05, 3.63) is 77.1 Å². The number of nitrogens with zero attached hydrogens (tertiary/aromatic N) is 1. The molecule has 0 spiro atoms. The van der Waals surface area contributed by atoms with Gasteiger partial charge in [-0.05, 0) is 48.5 Å². The van der Waals surface area contributed by atoms with Crippen LogP contribution in [0.15, 0.2) is 60.8 Å². The van der Waals surface area contributed by atoms with Gasteiger partial charge in [0.2, 0.25) is 5.91 Å². The Labute approximate surface area is 220 Å². The summed E-state index contributed by atoms with van der Waals surface area (Å²) in [4.78, 5) is 40.4. The van der Waals surface area contributed by atoms with Crippen LogP contribution in [-0.2, 0) is 11.0 Å². The Bertz CT molecular complexity index is 1340. The highest BCUT2D eigenvalue weighted by atomic mass is 35.5. The van der Waals surface area contributed by atoms with Crippen LogP contribution in [0.25, 0.3) is 0 Å². The first-order chi connectivity index (χ1) is 17.7. The van der Waals surface area contributed by atoms with Crippen LogP contribution >= 0.6 is 11.6 Å². The van der Waals surface area contributed by atoms with Gasteiger partial charge in [0, 0.05) is 29.1 Å². The number of halogens is 4. The Morgan fingerprint density at radius 2 is 1.47 bits per heavy atom. The molecule has 0 aliphatic rings. The number of hydrogen-bond acceptors (Lipinski definition) is 5. The van der Waals surface area contributed by atoms with Crippen molar-refractivity contribution in [2.45, 2.75) is 26.9 Å². The van der Waals surface area contributed by atoms with E-state index in [2.05, 4.69) is 26.5 Å². The van der Waals surface area contributed by atoms with E-state index >= 15 is 0 Å². The zero-order valence-electron chi connectivity index (χ0n) is 20.4. The first kappa shape index (κ1) is 28.3. The first-order valence-corrected chi connectivity index (χ1v) is 11.4. The summed E-state index contributed by atoms with van der Waals surface area (Å²) in [5.74, 6) is -0.363. The third kappa shape index (κ3) is 7.84. The van der Waals surface area contributed by atoms with Crippen LogP contribution in [0, 0.1) is 5.41 Å². The van der Waals surface area contributed by atoms with Crippen LogP contribution in [0.2, 0.25) is 5.02 Å². The molecule has 200 valence electrons. The maximum Gasteiger partial charge on any atom is 0.417 e. The summed E-state index contributed by atoms with van der Waals surface area (Å²) >= 11 is 5.59. The summed E-state index contributed by atoms with van der Waals surface area (Å²) < 4.78 is 44.7. The van der Waals surface area contributed by atoms with Gasteiger partial charge in [0.15, 0.2) is 0 Å². The van der Waals surface area contributed by atoms with Gasteiger partial charge in [-0.15, -0.1) is 0 Å². The number of nitrogens with one attached hydrogen (secondary N) is 4. The fourth-order valence-corrected chi connectivity index (χ4v) is 3.04. The Morgan fingerprint density at radius 1 is 0.842 bits per heavy atom. The number of carbonyl (C=O) groups is 3. The molecule has 0 radical (unpaired) electrons. The topological polar surface area (TPSA) is 121 Å². The molecular formula is C25H23ClF3N5O4. The van der Waals surface area contributed by atoms with Crippen LogP contribution in [0.5, 0.6) is 11.5 Å². The van der Waals surface area contributed by atoms with Gasteiger partial charge in [-0.1, -0.05) is 32.4 Å². The molecule has 3 aromatic rings. The van der Waals surface area contributed by atoms with Crippen LogP contribution in [-0.4, -0.2) is 22.8 Å². The number of benzene rings is 2. The number of alkyl halides is 3. The molecule has 0 fully saturated rings. The molecule has 4 N–H and O–H groups in total. The smallest absolute Gasteiger partial charge is 0.417 e. The van der Waals surface area contributed by atoms with Crippen molar-refractivity contribution < 1.29 is 32.3 Å². The number of amides is 4. The Hall–Kier alpha value is -4.32. The van der Waals surface area contributed by atoms with Crippen LogP contribution < -0.4 is 26.2 Å². The van der Waals surface area contributed by atoms with Crippen molar-refractivity contribution >= 4 is 40.8 Å². The minimum Gasteiger partial charge on any atom is -0.457 e. The van der Waals surface area contributed by atoms with Crippen LogP contribution in [0.1, 0.15) is 36.8 Å². The summed E-state index contributed by atoms with van der Waals surface area (Å²) in [6.07, 6.45) is -3.31. The summed E-state index contributed by atoms with van der Waals surface area (Å²) in [5.41, 5.74) is 3.10. The number of ether oxygens (including phenoxy) is 1. The van der Waals surface area contributed by atoms with Gasteiger partial charge in [-0.2, -0.15) is 13.2 Å². The molecule has 2 aromatic carbocycles. The zero-order valence-corrected chi connectivity index (χ0v) is 21.1. The molecule has 1 heterocycles. The molecule has 1 aromatic heterocycles. The molecule has 0 atom stereocenters. The predicted molar refractivity (Wildman–Crippen MR) is 135 cm³/mol. The second kappa shape index (κ2) is 11.4. The maximum atomic E-state index is 13.0. The third-order valence-corrected chi connectivity index (χ3v) is 5.14. The van der Waals surface area contributed by atoms with Crippen molar-refractivity contribution in [1.82, 2.24) is 15.8 Å². The molecule has 0 bridgehead atoms. The second-order valence-electron chi connectivity index (χ2n) is 8.93. The standard InChI is InChI=1S/C25H23ClF3N5O4/c1-24(2,3)22(36)34-33-21(35)20-13-17(10-11-30-20)38-16-7-4-14(5-8-16)31-23(37)32-15-6-9-19(26)18(12-15)25(27,28)29/h4-13H,1-3H3,(H,33,35)(H,34,36)(H2,31,32,37). The normalized spacial score (nSPS) is 11.3. The van der Waals surface area contributed by atoms with E-state index in [9.17, 15) is 27.6 Å². The number of carbonyl (C=O) groups excluding carboxylic acids is 3. The molecular weight excluding hydrogens is 527 g/mol. The van der Waals surface area contributed by atoms with Gasteiger partial charge in [-0.25, -0.2) is 4.79 Å². The Morgan fingerprint density at radius 3 is 2.11 bits per heavy atom. The molecule has 0 saturated heterocycles. The molecule has 3 rings (SSSR count). The van der Waals surface area contributed by atoms with Gasteiger partial charge in [0.1, 0.15) is 17.2 Å². The molecule has 13 heteroatoms. The molecule has 4 amide bonds. The van der Waals surface area contributed by atoms with Crippen molar-refractivity contribution in [2.75, 3.05) is 10.6 Å². The minimum atomic E-state index is -4.66. The molecule has 0 saturated carbocycles. The maximum absolute atomic E-state index is 13.0. The van der Waals surface area contributed by atoms with E-state index in [0.717, 1.165) is 12.1 Å². The number of hydrazine groups is 1. The van der Waals surface area contributed by atoms with E-state index < -0.39 is 34.1 Å². The zero-order chi connectivity index (χ0) is 28.1. The molecule has 0 aliphatic carbocycles. The van der Waals surface area contributed by atoms with Gasteiger partial charge < -0.3 is 15.4 Å². The molecule has 38 heavy (non-hydrogen) atoms. The fourth-order valence-electron chi connectivity index (χ4n) is 2.82. The highest BCUT2D eigenvalue weighted by Crippen LogP contribution is 2.36. The molecule has 0 unspecified atom stereocenters.